The van der Waals surface area contributed by atoms with Crippen LogP contribution in [0.25, 0.3) is 0 Å². The van der Waals surface area contributed by atoms with Crippen LogP contribution in [0.4, 0.5) is 5.69 Å². The number of hydrogen-bond donors (Lipinski definition) is 1. The topological polar surface area (TPSA) is 38.3 Å². The van der Waals surface area contributed by atoms with Crippen LogP contribution in [0.5, 0.6) is 0 Å². The van der Waals surface area contributed by atoms with Gasteiger partial charge in [-0.3, -0.25) is 4.79 Å². The Labute approximate surface area is 96.8 Å². The van der Waals surface area contributed by atoms with Gasteiger partial charge in [-0.1, -0.05) is 12.1 Å². The lowest BCUT2D eigenvalue weighted by molar-refractivity contribution is -0.121. The molecule has 0 radical (unpaired) electrons. The molecule has 3 heteroatoms. The molecule has 0 saturated heterocycles. The van der Waals surface area contributed by atoms with Crippen LogP contribution in [-0.2, 0) is 9.53 Å². The van der Waals surface area contributed by atoms with Crippen molar-refractivity contribution < 1.29 is 9.53 Å². The van der Waals surface area contributed by atoms with E-state index < -0.39 is 0 Å². The molecule has 0 spiro atoms. The minimum Gasteiger partial charge on any atom is -0.369 e. The summed E-state index contributed by atoms with van der Waals surface area (Å²) in [7, 11) is 0. The van der Waals surface area contributed by atoms with Crippen molar-refractivity contribution in [3.63, 3.8) is 0 Å². The zero-order valence-corrected chi connectivity index (χ0v) is 10.3. The Morgan fingerprint density at radius 3 is 2.69 bits per heavy atom. The Bertz CT molecular complexity index is 372. The van der Waals surface area contributed by atoms with E-state index in [4.69, 9.17) is 4.74 Å². The summed E-state index contributed by atoms with van der Waals surface area (Å²) in [6, 6.07) is 5.85. The van der Waals surface area contributed by atoms with Crippen molar-refractivity contribution in [2.24, 2.45) is 0 Å². The molecular weight excluding hydrogens is 202 g/mol. The first-order valence-corrected chi connectivity index (χ1v) is 5.48. The minimum absolute atomic E-state index is 0.0735. The van der Waals surface area contributed by atoms with E-state index in [2.05, 4.69) is 5.32 Å². The third kappa shape index (κ3) is 3.66. The molecule has 0 atom stereocenters. The first kappa shape index (κ1) is 12.7. The second-order valence-corrected chi connectivity index (χ2v) is 4.16. The van der Waals surface area contributed by atoms with Crippen LogP contribution >= 0.6 is 0 Å². The van der Waals surface area contributed by atoms with Crippen molar-refractivity contribution in [2.45, 2.75) is 33.8 Å². The number of amides is 1. The Morgan fingerprint density at radius 2 is 2.06 bits per heavy atom. The zero-order chi connectivity index (χ0) is 12.1. The first-order valence-electron chi connectivity index (χ1n) is 5.48. The smallest absolute Gasteiger partial charge is 0.250 e. The van der Waals surface area contributed by atoms with Gasteiger partial charge in [-0.05, 0) is 44.9 Å². The highest BCUT2D eigenvalue weighted by atomic mass is 16.5. The van der Waals surface area contributed by atoms with Crippen LogP contribution in [0.2, 0.25) is 0 Å². The quantitative estimate of drug-likeness (QED) is 0.848. The van der Waals surface area contributed by atoms with Gasteiger partial charge in [0.05, 0.1) is 6.10 Å². The molecule has 0 aliphatic heterocycles. The maximum Gasteiger partial charge on any atom is 0.250 e. The molecule has 0 aliphatic carbocycles. The van der Waals surface area contributed by atoms with E-state index in [0.717, 1.165) is 11.3 Å². The number of rotatable bonds is 4. The fraction of sp³-hybridized carbons (Fsp3) is 0.462. The van der Waals surface area contributed by atoms with E-state index in [-0.39, 0.29) is 18.6 Å². The van der Waals surface area contributed by atoms with E-state index in [1.807, 2.05) is 45.9 Å². The predicted molar refractivity (Wildman–Crippen MR) is 65.6 cm³/mol. The monoisotopic (exact) mass is 221 g/mol. The van der Waals surface area contributed by atoms with Gasteiger partial charge < -0.3 is 10.1 Å². The summed E-state index contributed by atoms with van der Waals surface area (Å²) in [4.78, 5) is 11.5. The van der Waals surface area contributed by atoms with E-state index in [0.29, 0.717) is 0 Å². The third-order valence-corrected chi connectivity index (χ3v) is 2.43. The van der Waals surface area contributed by atoms with Crippen molar-refractivity contribution in [2.75, 3.05) is 11.9 Å². The van der Waals surface area contributed by atoms with Crippen LogP contribution in [0.3, 0.4) is 0 Å². The van der Waals surface area contributed by atoms with E-state index in [1.54, 1.807) is 0 Å². The zero-order valence-electron chi connectivity index (χ0n) is 10.3. The molecule has 1 aromatic rings. The van der Waals surface area contributed by atoms with Crippen molar-refractivity contribution in [3.8, 4) is 0 Å². The molecule has 0 aliphatic rings. The molecule has 1 amide bonds. The highest BCUT2D eigenvalue weighted by molar-refractivity contribution is 5.92. The molecule has 0 unspecified atom stereocenters. The lowest BCUT2D eigenvalue weighted by Crippen LogP contribution is -2.21. The molecule has 1 aromatic carbocycles. The maximum atomic E-state index is 11.5. The summed E-state index contributed by atoms with van der Waals surface area (Å²) >= 11 is 0. The summed E-state index contributed by atoms with van der Waals surface area (Å²) in [6.45, 7) is 7.94. The number of anilines is 1. The Kier molecular flexibility index (Phi) is 4.50. The minimum atomic E-state index is -0.109. The van der Waals surface area contributed by atoms with Gasteiger partial charge in [0.15, 0.2) is 0 Å². The molecular formula is C13H19NO2. The standard InChI is InChI=1S/C13H19NO2/c1-9(2)16-8-13(15)14-12-7-5-6-10(3)11(12)4/h5-7,9H,8H2,1-4H3,(H,14,15). The average Bonchev–Trinajstić information content (AvgIpc) is 2.22. The second kappa shape index (κ2) is 5.66. The average molecular weight is 221 g/mol. The van der Waals surface area contributed by atoms with Crippen LogP contribution < -0.4 is 5.32 Å². The summed E-state index contributed by atoms with van der Waals surface area (Å²) in [5.74, 6) is -0.109. The largest absolute Gasteiger partial charge is 0.369 e. The summed E-state index contributed by atoms with van der Waals surface area (Å²) in [5, 5.41) is 2.84. The molecule has 0 saturated carbocycles. The van der Waals surface area contributed by atoms with Gasteiger partial charge in [0.2, 0.25) is 5.91 Å². The molecule has 16 heavy (non-hydrogen) atoms. The van der Waals surface area contributed by atoms with E-state index >= 15 is 0 Å². The van der Waals surface area contributed by atoms with Crippen molar-refractivity contribution in [3.05, 3.63) is 29.3 Å². The van der Waals surface area contributed by atoms with Crippen LogP contribution in [0.1, 0.15) is 25.0 Å². The lowest BCUT2D eigenvalue weighted by Gasteiger charge is -2.11. The van der Waals surface area contributed by atoms with Gasteiger partial charge in [0.1, 0.15) is 6.61 Å². The number of benzene rings is 1. The van der Waals surface area contributed by atoms with Crippen LogP contribution in [-0.4, -0.2) is 18.6 Å². The molecule has 0 heterocycles. The van der Waals surface area contributed by atoms with Crippen molar-refractivity contribution in [1.29, 1.82) is 0 Å². The maximum absolute atomic E-state index is 11.5. The number of hydrogen-bond acceptors (Lipinski definition) is 2. The Morgan fingerprint density at radius 1 is 1.38 bits per heavy atom. The summed E-state index contributed by atoms with van der Waals surface area (Å²) in [6.07, 6.45) is 0.0735. The van der Waals surface area contributed by atoms with Gasteiger partial charge >= 0.3 is 0 Å². The highest BCUT2D eigenvalue weighted by Gasteiger charge is 2.06. The fourth-order valence-electron chi connectivity index (χ4n) is 1.32. The van der Waals surface area contributed by atoms with Crippen LogP contribution in [0.15, 0.2) is 18.2 Å². The van der Waals surface area contributed by atoms with Crippen molar-refractivity contribution >= 4 is 11.6 Å². The normalized spacial score (nSPS) is 10.6. The summed E-state index contributed by atoms with van der Waals surface area (Å²) < 4.78 is 5.23. The molecule has 1 N–H and O–H groups in total. The van der Waals surface area contributed by atoms with Crippen molar-refractivity contribution in [1.82, 2.24) is 0 Å². The number of carbonyl (C=O) groups is 1. The van der Waals surface area contributed by atoms with E-state index in [9.17, 15) is 4.79 Å². The molecule has 88 valence electrons. The molecule has 1 rings (SSSR count). The summed E-state index contributed by atoms with van der Waals surface area (Å²) in [5.41, 5.74) is 3.13. The molecule has 0 aromatic heterocycles. The molecule has 0 fully saturated rings. The van der Waals surface area contributed by atoms with Crippen LogP contribution in [0, 0.1) is 13.8 Å². The first-order chi connectivity index (χ1) is 7.50. The van der Waals surface area contributed by atoms with E-state index in [1.165, 1.54) is 5.56 Å². The second-order valence-electron chi connectivity index (χ2n) is 4.16. The highest BCUT2D eigenvalue weighted by Crippen LogP contribution is 2.17. The Hall–Kier alpha value is -1.35. The molecule has 0 bridgehead atoms. The number of aryl methyl sites for hydroxylation is 1. The predicted octanol–water partition coefficient (Wildman–Crippen LogP) is 2.67. The molecule has 3 nitrogen and oxygen atoms in total. The van der Waals surface area contributed by atoms with Gasteiger partial charge in [-0.25, -0.2) is 0 Å². The third-order valence-electron chi connectivity index (χ3n) is 2.43. The SMILES string of the molecule is Cc1cccc(NC(=O)COC(C)C)c1C. The number of nitrogens with one attached hydrogen (secondary N) is 1. The van der Waals surface area contributed by atoms with Gasteiger partial charge in [0.25, 0.3) is 0 Å². The van der Waals surface area contributed by atoms with Gasteiger partial charge in [-0.2, -0.15) is 0 Å². The number of ether oxygens (including phenoxy) is 1. The van der Waals surface area contributed by atoms with Gasteiger partial charge in [-0.15, -0.1) is 0 Å². The Balaban J connectivity index is 2.59. The van der Waals surface area contributed by atoms with Gasteiger partial charge in [0, 0.05) is 5.69 Å². The number of carbonyl (C=O) groups excluding carboxylic acids is 1. The lowest BCUT2D eigenvalue weighted by atomic mass is 10.1. The fourth-order valence-corrected chi connectivity index (χ4v) is 1.32.